The number of thiol groups is 1. The Morgan fingerprint density at radius 3 is 1.32 bits per heavy atom. The van der Waals surface area contributed by atoms with Crippen molar-refractivity contribution in [2.24, 2.45) is 0 Å². The maximum atomic E-state index is 2.99. The second-order valence-corrected chi connectivity index (χ2v) is 3.08. The van der Waals surface area contributed by atoms with E-state index >= 15 is 0 Å². The molecule has 0 atom stereocenters. The summed E-state index contributed by atoms with van der Waals surface area (Å²) in [5.74, 6) is 0. The molecule has 2 aliphatic rings. The van der Waals surface area contributed by atoms with Gasteiger partial charge in [-0.2, -0.15) is 48.6 Å². The first-order chi connectivity index (χ1) is 8.00. The van der Waals surface area contributed by atoms with Gasteiger partial charge in [0.15, 0.2) is 0 Å². The molecular weight excluding hydrogens is 351 g/mol. The van der Waals surface area contributed by atoms with E-state index in [0.717, 1.165) is 12.8 Å². The SMILES string of the molecule is Cl.[C-]1=CC=CC1.[C-]1=CC=CC1.[SH-].[Zr+4].[c-]1ccccc1. The van der Waals surface area contributed by atoms with Crippen molar-refractivity contribution in [2.45, 2.75) is 12.8 Å². The van der Waals surface area contributed by atoms with Gasteiger partial charge in [0, 0.05) is 0 Å². The number of hydrogen-bond acceptors (Lipinski definition) is 1. The van der Waals surface area contributed by atoms with Gasteiger partial charge in [0.05, 0.1) is 0 Å². The maximum Gasteiger partial charge on any atom is 4.00 e. The van der Waals surface area contributed by atoms with Gasteiger partial charge in [-0.05, 0) is 0 Å². The minimum Gasteiger partial charge on any atom is -0.813 e. The molecule has 19 heavy (non-hydrogen) atoms. The van der Waals surface area contributed by atoms with Crippen LogP contribution >= 0.6 is 12.4 Å². The third-order valence-corrected chi connectivity index (χ3v) is 1.78. The Morgan fingerprint density at radius 1 is 0.737 bits per heavy atom. The van der Waals surface area contributed by atoms with Crippen LogP contribution in [0.5, 0.6) is 0 Å². The third kappa shape index (κ3) is 17.7. The summed E-state index contributed by atoms with van der Waals surface area (Å²) < 4.78 is 0. The Bertz CT molecular complexity index is 301. The molecule has 2 aliphatic carbocycles. The molecular formula is C16H17ClSZr. The molecule has 0 heterocycles. The quantitative estimate of drug-likeness (QED) is 0.375. The zero-order valence-corrected chi connectivity index (χ0v) is 14.8. The van der Waals surface area contributed by atoms with Gasteiger partial charge < -0.3 is 13.5 Å². The van der Waals surface area contributed by atoms with E-state index in [1.165, 1.54) is 0 Å². The van der Waals surface area contributed by atoms with Gasteiger partial charge in [0.1, 0.15) is 0 Å². The molecule has 0 radical (unpaired) electrons. The van der Waals surface area contributed by atoms with Crippen LogP contribution in [0.3, 0.4) is 0 Å². The number of benzene rings is 1. The first-order valence-corrected chi connectivity index (χ1v) is 5.34. The Balaban J connectivity index is -0.000000188. The van der Waals surface area contributed by atoms with Gasteiger partial charge in [0.25, 0.3) is 0 Å². The number of halogens is 1. The molecule has 1 aromatic rings. The molecule has 0 nitrogen and oxygen atoms in total. The molecule has 0 amide bonds. The Labute approximate surface area is 149 Å². The van der Waals surface area contributed by atoms with E-state index in [4.69, 9.17) is 0 Å². The first-order valence-electron chi connectivity index (χ1n) is 5.34. The van der Waals surface area contributed by atoms with Gasteiger partial charge in [-0.3, -0.25) is 12.2 Å². The monoisotopic (exact) mass is 366 g/mol. The molecule has 1 aromatic carbocycles. The van der Waals surface area contributed by atoms with Crippen LogP contribution < -0.4 is 0 Å². The van der Waals surface area contributed by atoms with Crippen LogP contribution in [0.4, 0.5) is 0 Å². The van der Waals surface area contributed by atoms with Crippen molar-refractivity contribution in [3.63, 3.8) is 0 Å². The van der Waals surface area contributed by atoms with Crippen molar-refractivity contribution in [1.82, 2.24) is 0 Å². The van der Waals surface area contributed by atoms with E-state index < -0.39 is 0 Å². The Kier molecular flexibility index (Phi) is 25.1. The molecule has 0 aromatic heterocycles. The second-order valence-electron chi connectivity index (χ2n) is 3.08. The third-order valence-electron chi connectivity index (χ3n) is 1.78. The number of rotatable bonds is 0. The molecule has 0 unspecified atom stereocenters. The molecule has 3 heteroatoms. The molecule has 0 saturated carbocycles. The predicted molar refractivity (Wildman–Crippen MR) is 84.4 cm³/mol. The molecule has 0 aliphatic heterocycles. The van der Waals surface area contributed by atoms with Gasteiger partial charge in [-0.1, -0.05) is 0 Å². The van der Waals surface area contributed by atoms with Crippen molar-refractivity contribution in [3.8, 4) is 0 Å². The minimum absolute atomic E-state index is 0. The summed E-state index contributed by atoms with van der Waals surface area (Å²) in [4.78, 5) is 0. The van der Waals surface area contributed by atoms with Crippen LogP contribution in [0, 0.1) is 18.2 Å². The van der Waals surface area contributed by atoms with Crippen LogP contribution in [0.25, 0.3) is 0 Å². The summed E-state index contributed by atoms with van der Waals surface area (Å²) in [5.41, 5.74) is 0. The smallest absolute Gasteiger partial charge is 0.813 e. The average molecular weight is 368 g/mol. The van der Waals surface area contributed by atoms with Crippen molar-refractivity contribution in [3.05, 3.63) is 85.0 Å². The topological polar surface area (TPSA) is 0 Å². The van der Waals surface area contributed by atoms with Crippen molar-refractivity contribution < 1.29 is 26.2 Å². The van der Waals surface area contributed by atoms with Crippen molar-refractivity contribution in [1.29, 1.82) is 0 Å². The summed E-state index contributed by atoms with van der Waals surface area (Å²) >= 11 is 0. The van der Waals surface area contributed by atoms with Crippen LogP contribution in [-0.2, 0) is 39.7 Å². The molecule has 0 spiro atoms. The van der Waals surface area contributed by atoms with Gasteiger partial charge in [-0.25, -0.2) is 24.3 Å². The largest absolute Gasteiger partial charge is 4.00 e. The zero-order chi connectivity index (χ0) is 11.3. The molecule has 0 bridgehead atoms. The zero-order valence-electron chi connectivity index (χ0n) is 10.6. The normalized spacial score (nSPS) is 11.8. The van der Waals surface area contributed by atoms with E-state index in [-0.39, 0.29) is 52.1 Å². The molecule has 0 N–H and O–H groups in total. The van der Waals surface area contributed by atoms with Crippen LogP contribution in [0.1, 0.15) is 12.8 Å². The van der Waals surface area contributed by atoms with Gasteiger partial charge in [-0.15, -0.1) is 25.2 Å². The summed E-state index contributed by atoms with van der Waals surface area (Å²) in [6.45, 7) is 0. The van der Waals surface area contributed by atoms with Gasteiger partial charge in [0.2, 0.25) is 0 Å². The second kappa shape index (κ2) is 20.0. The standard InChI is InChI=1S/C6H5.2C5H5.ClH.H2S.Zr/c1-2-4-6-5-3-1;2*1-2-4-5-3-1;;;/h1-5H;2*1-3H,4H2;1H;1H2;/q3*-1;;;+4/p-1. The predicted octanol–water partition coefficient (Wildman–Crippen LogP) is 4.25. The van der Waals surface area contributed by atoms with E-state index in [1.54, 1.807) is 0 Å². The summed E-state index contributed by atoms with van der Waals surface area (Å²) in [6, 6.07) is 12.5. The summed E-state index contributed by atoms with van der Waals surface area (Å²) in [7, 11) is 0. The van der Waals surface area contributed by atoms with E-state index in [9.17, 15) is 0 Å². The summed E-state index contributed by atoms with van der Waals surface area (Å²) in [6.07, 6.45) is 20.0. The fourth-order valence-corrected chi connectivity index (χ4v) is 1.02. The van der Waals surface area contributed by atoms with Crippen LogP contribution in [0.2, 0.25) is 0 Å². The Morgan fingerprint density at radius 2 is 1.21 bits per heavy atom. The maximum absolute atomic E-state index is 2.99. The summed E-state index contributed by atoms with van der Waals surface area (Å²) in [5, 5.41) is 0. The van der Waals surface area contributed by atoms with Gasteiger partial charge >= 0.3 is 26.2 Å². The minimum atomic E-state index is 0. The molecule has 0 saturated heterocycles. The van der Waals surface area contributed by atoms with E-state index in [2.05, 4.69) is 30.4 Å². The molecule has 3 rings (SSSR count). The Hall–Kier alpha value is -0.297. The van der Waals surface area contributed by atoms with Crippen molar-refractivity contribution >= 4 is 25.9 Å². The van der Waals surface area contributed by atoms with Crippen LogP contribution in [0.15, 0.2) is 66.8 Å². The van der Waals surface area contributed by atoms with Crippen molar-refractivity contribution in [2.75, 3.05) is 0 Å². The van der Waals surface area contributed by atoms with Crippen LogP contribution in [-0.4, -0.2) is 0 Å². The average Bonchev–Trinajstić information content (AvgIpc) is 3.10. The number of hydrogen-bond donors (Lipinski definition) is 0. The molecule has 0 fully saturated rings. The fourth-order valence-electron chi connectivity index (χ4n) is 1.02. The van der Waals surface area contributed by atoms with E-state index in [1.807, 2.05) is 54.6 Å². The first kappa shape index (κ1) is 23.8. The number of allylic oxidation sites excluding steroid dienone is 8. The molecule has 98 valence electrons. The fraction of sp³-hybridized carbons (Fsp3) is 0.125. The van der Waals surface area contributed by atoms with E-state index in [0.29, 0.717) is 0 Å².